The van der Waals surface area contributed by atoms with Crippen LogP contribution >= 0.6 is 11.5 Å². The fourth-order valence-electron chi connectivity index (χ4n) is 2.84. The summed E-state index contributed by atoms with van der Waals surface area (Å²) < 4.78 is 9.42. The minimum absolute atomic E-state index is 0.276. The van der Waals surface area contributed by atoms with E-state index in [0.29, 0.717) is 0 Å². The number of hydrogen-bond donors (Lipinski definition) is 0. The van der Waals surface area contributed by atoms with Crippen LogP contribution in [0.5, 0.6) is 0 Å². The molecule has 1 aromatic rings. The zero-order valence-corrected chi connectivity index (χ0v) is 13.9. The van der Waals surface area contributed by atoms with E-state index in [0.717, 1.165) is 51.6 Å². The van der Waals surface area contributed by atoms with E-state index in [1.807, 2.05) is 6.92 Å². The molecular formula is C14H26N4OS. The van der Waals surface area contributed by atoms with Gasteiger partial charge in [-0.3, -0.25) is 4.90 Å². The van der Waals surface area contributed by atoms with Gasteiger partial charge in [0.15, 0.2) is 0 Å². The molecule has 114 valence electrons. The van der Waals surface area contributed by atoms with Gasteiger partial charge in [0.1, 0.15) is 0 Å². The summed E-state index contributed by atoms with van der Waals surface area (Å²) >= 11 is 1.51. The van der Waals surface area contributed by atoms with Crippen LogP contribution in [0.3, 0.4) is 0 Å². The summed E-state index contributed by atoms with van der Waals surface area (Å²) in [5.74, 6) is 0. The quantitative estimate of drug-likeness (QED) is 0.798. The van der Waals surface area contributed by atoms with Gasteiger partial charge in [-0.1, -0.05) is 18.3 Å². The molecule has 0 aromatic carbocycles. The van der Waals surface area contributed by atoms with Crippen LogP contribution in [-0.2, 0) is 11.3 Å². The summed E-state index contributed by atoms with van der Waals surface area (Å²) in [5.41, 5.74) is 1.34. The average molecular weight is 298 g/mol. The predicted octanol–water partition coefficient (Wildman–Crippen LogP) is 1.64. The highest BCUT2D eigenvalue weighted by molar-refractivity contribution is 7.05. The van der Waals surface area contributed by atoms with Crippen LogP contribution in [0.1, 0.15) is 24.4 Å². The molecule has 1 fully saturated rings. The molecule has 0 spiro atoms. The van der Waals surface area contributed by atoms with Gasteiger partial charge < -0.3 is 9.64 Å². The third kappa shape index (κ3) is 4.77. The molecule has 1 saturated heterocycles. The Hall–Kier alpha value is -0.560. The van der Waals surface area contributed by atoms with Crippen molar-refractivity contribution in [1.82, 2.24) is 19.4 Å². The largest absolute Gasteiger partial charge is 0.379 e. The van der Waals surface area contributed by atoms with E-state index in [4.69, 9.17) is 4.74 Å². The van der Waals surface area contributed by atoms with E-state index in [2.05, 4.69) is 40.3 Å². The van der Waals surface area contributed by atoms with Crippen molar-refractivity contribution in [1.29, 1.82) is 0 Å². The van der Waals surface area contributed by atoms with Crippen LogP contribution in [0.25, 0.3) is 0 Å². The number of aromatic nitrogens is 2. The summed E-state index contributed by atoms with van der Waals surface area (Å²) in [6.07, 6.45) is 0. The second-order valence-corrected chi connectivity index (χ2v) is 7.35. The van der Waals surface area contributed by atoms with Crippen LogP contribution in [-0.4, -0.2) is 65.8 Å². The average Bonchev–Trinajstić information content (AvgIpc) is 2.74. The van der Waals surface area contributed by atoms with Crippen molar-refractivity contribution in [2.24, 2.45) is 5.41 Å². The maximum atomic E-state index is 5.41. The normalized spacial score (nSPS) is 17.9. The molecule has 0 bridgehead atoms. The topological polar surface area (TPSA) is 41.5 Å². The van der Waals surface area contributed by atoms with E-state index in [9.17, 15) is 0 Å². The first-order valence-corrected chi connectivity index (χ1v) is 8.00. The van der Waals surface area contributed by atoms with Crippen LogP contribution in [0.2, 0.25) is 0 Å². The number of rotatable bonds is 6. The molecule has 0 unspecified atom stereocenters. The number of ether oxygens (including phenoxy) is 1. The number of morpholine rings is 1. The Morgan fingerprint density at radius 1 is 1.35 bits per heavy atom. The second-order valence-electron chi connectivity index (χ2n) is 6.51. The summed E-state index contributed by atoms with van der Waals surface area (Å²) in [6.45, 7) is 13.7. The fourth-order valence-corrected chi connectivity index (χ4v) is 3.56. The van der Waals surface area contributed by atoms with Crippen molar-refractivity contribution in [3.05, 3.63) is 10.6 Å². The van der Waals surface area contributed by atoms with Crippen LogP contribution in [0.15, 0.2) is 0 Å². The molecule has 5 nitrogen and oxygen atoms in total. The highest BCUT2D eigenvalue weighted by Crippen LogP contribution is 2.21. The van der Waals surface area contributed by atoms with E-state index < -0.39 is 0 Å². The Labute approximate surface area is 126 Å². The molecule has 2 heterocycles. The lowest BCUT2D eigenvalue weighted by Crippen LogP contribution is -2.45. The minimum atomic E-state index is 0.276. The molecule has 1 aliphatic heterocycles. The third-order valence-electron chi connectivity index (χ3n) is 3.61. The zero-order chi connectivity index (χ0) is 14.6. The summed E-state index contributed by atoms with van der Waals surface area (Å²) in [6, 6.07) is 0. The van der Waals surface area contributed by atoms with Crippen molar-refractivity contribution in [2.45, 2.75) is 27.3 Å². The van der Waals surface area contributed by atoms with Gasteiger partial charge in [-0.2, -0.15) is 0 Å². The minimum Gasteiger partial charge on any atom is -0.379 e. The monoisotopic (exact) mass is 298 g/mol. The van der Waals surface area contributed by atoms with E-state index in [1.165, 1.54) is 16.4 Å². The third-order valence-corrected chi connectivity index (χ3v) is 4.42. The summed E-state index contributed by atoms with van der Waals surface area (Å²) in [7, 11) is 2.18. The highest BCUT2D eigenvalue weighted by atomic mass is 32.1. The van der Waals surface area contributed by atoms with Crippen molar-refractivity contribution in [3.63, 3.8) is 0 Å². The Balaban J connectivity index is 1.82. The first kappa shape index (κ1) is 15.8. The number of nitrogens with zero attached hydrogens (tertiary/aromatic N) is 4. The lowest BCUT2D eigenvalue weighted by molar-refractivity contribution is 0.0161. The van der Waals surface area contributed by atoms with Gasteiger partial charge in [0.2, 0.25) is 0 Å². The van der Waals surface area contributed by atoms with Gasteiger partial charge >= 0.3 is 0 Å². The van der Waals surface area contributed by atoms with Crippen LogP contribution in [0.4, 0.5) is 0 Å². The van der Waals surface area contributed by atoms with E-state index in [1.54, 1.807) is 0 Å². The molecule has 0 aliphatic carbocycles. The SMILES string of the molecule is Cc1nnsc1CN(C)CC(C)(C)CN1CCOCC1. The Morgan fingerprint density at radius 3 is 2.65 bits per heavy atom. The molecule has 1 aromatic heterocycles. The molecule has 2 rings (SSSR count). The van der Waals surface area contributed by atoms with Crippen LogP contribution in [0, 0.1) is 12.3 Å². The van der Waals surface area contributed by atoms with E-state index >= 15 is 0 Å². The second kappa shape index (κ2) is 6.93. The lowest BCUT2D eigenvalue weighted by Gasteiger charge is -2.37. The summed E-state index contributed by atoms with van der Waals surface area (Å²) in [5, 5.41) is 4.08. The molecule has 0 N–H and O–H groups in total. The molecule has 0 radical (unpaired) electrons. The smallest absolute Gasteiger partial charge is 0.0769 e. The Morgan fingerprint density at radius 2 is 2.05 bits per heavy atom. The first-order valence-electron chi connectivity index (χ1n) is 7.23. The van der Waals surface area contributed by atoms with Crippen molar-refractivity contribution >= 4 is 11.5 Å². The number of hydrogen-bond acceptors (Lipinski definition) is 6. The molecular weight excluding hydrogens is 272 g/mol. The van der Waals surface area contributed by atoms with Gasteiger partial charge in [-0.05, 0) is 30.9 Å². The molecule has 0 amide bonds. The van der Waals surface area contributed by atoms with Gasteiger partial charge in [-0.15, -0.1) is 5.10 Å². The van der Waals surface area contributed by atoms with Gasteiger partial charge in [0.25, 0.3) is 0 Å². The van der Waals surface area contributed by atoms with Crippen molar-refractivity contribution in [3.8, 4) is 0 Å². The van der Waals surface area contributed by atoms with Crippen molar-refractivity contribution < 1.29 is 4.74 Å². The molecule has 0 atom stereocenters. The molecule has 20 heavy (non-hydrogen) atoms. The van der Waals surface area contributed by atoms with Gasteiger partial charge in [0.05, 0.1) is 23.8 Å². The number of aryl methyl sites for hydroxylation is 1. The molecule has 6 heteroatoms. The highest BCUT2D eigenvalue weighted by Gasteiger charge is 2.25. The zero-order valence-electron chi connectivity index (χ0n) is 13.1. The standard InChI is InChI=1S/C14H26N4OS/c1-12-13(20-16-15-12)9-17(4)10-14(2,3)11-18-5-7-19-8-6-18/h5-11H2,1-4H3. The van der Waals surface area contributed by atoms with E-state index in [-0.39, 0.29) is 5.41 Å². The fraction of sp³-hybridized carbons (Fsp3) is 0.857. The maximum absolute atomic E-state index is 5.41. The lowest BCUT2D eigenvalue weighted by atomic mass is 9.92. The van der Waals surface area contributed by atoms with Crippen LogP contribution < -0.4 is 0 Å². The molecule has 0 saturated carbocycles. The predicted molar refractivity (Wildman–Crippen MR) is 82.0 cm³/mol. The first-order chi connectivity index (χ1) is 9.46. The van der Waals surface area contributed by atoms with Crippen molar-refractivity contribution in [2.75, 3.05) is 46.4 Å². The summed E-state index contributed by atoms with van der Waals surface area (Å²) in [4.78, 5) is 6.16. The Kier molecular flexibility index (Phi) is 5.49. The maximum Gasteiger partial charge on any atom is 0.0769 e. The molecule has 1 aliphatic rings. The Bertz CT molecular complexity index is 415. The van der Waals surface area contributed by atoms with Gasteiger partial charge in [0, 0.05) is 32.7 Å². The van der Waals surface area contributed by atoms with Gasteiger partial charge in [-0.25, -0.2) is 0 Å².